The predicted molar refractivity (Wildman–Crippen MR) is 91.0 cm³/mol. The van der Waals surface area contributed by atoms with Gasteiger partial charge in [-0.3, -0.25) is 9.59 Å². The Morgan fingerprint density at radius 3 is 1.81 bits per heavy atom. The standard InChI is InChI=1S/C19H30O7/c1-4-15(2,3)14(21)25-6-5-13(20)26-19-10-16(22)7-17(23,11-19)9-18(24,8-16)12-19/h22-24H,4-12H2,1-3H3. The SMILES string of the molecule is CCC(C)(C)C(=O)OCCC(=O)OC12CC3(O)CC(O)(CC(O)(C3)C1)C2. The van der Waals surface area contributed by atoms with E-state index >= 15 is 0 Å². The third kappa shape index (κ3) is 3.62. The zero-order valence-electron chi connectivity index (χ0n) is 15.8. The van der Waals surface area contributed by atoms with Gasteiger partial charge in [-0.15, -0.1) is 0 Å². The first kappa shape index (κ1) is 19.6. The molecule has 4 aliphatic rings. The van der Waals surface area contributed by atoms with Crippen LogP contribution in [0.5, 0.6) is 0 Å². The summed E-state index contributed by atoms with van der Waals surface area (Å²) in [7, 11) is 0. The van der Waals surface area contributed by atoms with E-state index in [0.29, 0.717) is 6.42 Å². The smallest absolute Gasteiger partial charge is 0.311 e. The minimum absolute atomic E-state index is 0.0734. The van der Waals surface area contributed by atoms with Crippen molar-refractivity contribution in [3.63, 3.8) is 0 Å². The fraction of sp³-hybridized carbons (Fsp3) is 0.895. The van der Waals surface area contributed by atoms with Gasteiger partial charge < -0.3 is 24.8 Å². The van der Waals surface area contributed by atoms with E-state index < -0.39 is 33.8 Å². The molecule has 0 amide bonds. The van der Waals surface area contributed by atoms with Gasteiger partial charge >= 0.3 is 11.9 Å². The highest BCUT2D eigenvalue weighted by Crippen LogP contribution is 2.62. The third-order valence-corrected chi connectivity index (χ3v) is 6.23. The van der Waals surface area contributed by atoms with E-state index in [1.165, 1.54) is 0 Å². The number of hydrogen-bond donors (Lipinski definition) is 3. The number of hydrogen-bond acceptors (Lipinski definition) is 7. The summed E-state index contributed by atoms with van der Waals surface area (Å²) in [6.07, 6.45) is 1.80. The van der Waals surface area contributed by atoms with Crippen LogP contribution in [0.1, 0.15) is 72.1 Å². The molecule has 3 N–H and O–H groups in total. The molecule has 7 nitrogen and oxygen atoms in total. The lowest BCUT2D eigenvalue weighted by Gasteiger charge is -2.64. The van der Waals surface area contributed by atoms with Crippen molar-refractivity contribution in [1.29, 1.82) is 0 Å². The molecule has 0 heterocycles. The topological polar surface area (TPSA) is 113 Å². The molecular formula is C19H30O7. The summed E-state index contributed by atoms with van der Waals surface area (Å²) in [5.41, 5.74) is -5.29. The zero-order chi connectivity index (χ0) is 19.4. The summed E-state index contributed by atoms with van der Waals surface area (Å²) in [6.45, 7) is 5.38. The molecule has 4 bridgehead atoms. The molecule has 0 radical (unpaired) electrons. The second-order valence-corrected chi connectivity index (χ2v) is 9.51. The van der Waals surface area contributed by atoms with Crippen LogP contribution in [0, 0.1) is 5.41 Å². The summed E-state index contributed by atoms with van der Waals surface area (Å²) in [4.78, 5) is 24.2. The van der Waals surface area contributed by atoms with Gasteiger partial charge in [0, 0.05) is 38.5 Å². The molecule has 148 valence electrons. The van der Waals surface area contributed by atoms with Gasteiger partial charge in [0.05, 0.1) is 28.6 Å². The molecule has 0 spiro atoms. The number of ether oxygens (including phenoxy) is 2. The predicted octanol–water partition coefficient (Wildman–Crippen LogP) is 1.21. The molecule has 0 aromatic carbocycles. The normalized spacial score (nSPS) is 41.2. The van der Waals surface area contributed by atoms with Crippen molar-refractivity contribution in [2.75, 3.05) is 6.61 Å². The average Bonchev–Trinajstić information content (AvgIpc) is 2.41. The molecule has 7 heteroatoms. The molecule has 0 unspecified atom stereocenters. The van der Waals surface area contributed by atoms with Gasteiger partial charge in [-0.25, -0.2) is 0 Å². The lowest BCUT2D eigenvalue weighted by Crippen LogP contribution is -2.72. The quantitative estimate of drug-likeness (QED) is 0.602. The first-order valence-electron chi connectivity index (χ1n) is 9.39. The van der Waals surface area contributed by atoms with Gasteiger partial charge in [-0.2, -0.15) is 0 Å². The first-order chi connectivity index (χ1) is 11.8. The van der Waals surface area contributed by atoms with Crippen LogP contribution in [0.15, 0.2) is 0 Å². The van der Waals surface area contributed by atoms with E-state index in [2.05, 4.69) is 0 Å². The fourth-order valence-electron chi connectivity index (χ4n) is 5.35. The number of rotatable bonds is 6. The van der Waals surface area contributed by atoms with E-state index in [-0.39, 0.29) is 57.5 Å². The highest BCUT2D eigenvalue weighted by Gasteiger charge is 2.69. The number of aliphatic hydroxyl groups is 3. The fourth-order valence-corrected chi connectivity index (χ4v) is 5.35. The van der Waals surface area contributed by atoms with Crippen molar-refractivity contribution < 1.29 is 34.4 Å². The molecule has 4 fully saturated rings. The Bertz CT molecular complexity index is 557. The Morgan fingerprint density at radius 1 is 0.923 bits per heavy atom. The molecule has 4 rings (SSSR count). The maximum atomic E-state index is 12.3. The molecule has 26 heavy (non-hydrogen) atoms. The number of carbonyl (C=O) groups excluding carboxylic acids is 2. The Labute approximate surface area is 153 Å². The van der Waals surface area contributed by atoms with Crippen molar-refractivity contribution in [2.45, 2.75) is 94.5 Å². The van der Waals surface area contributed by atoms with Crippen molar-refractivity contribution in [3.05, 3.63) is 0 Å². The monoisotopic (exact) mass is 370 g/mol. The summed E-state index contributed by atoms with van der Waals surface area (Å²) < 4.78 is 10.8. The van der Waals surface area contributed by atoms with Crippen LogP contribution in [0.3, 0.4) is 0 Å². The van der Waals surface area contributed by atoms with Gasteiger partial charge in [-0.05, 0) is 20.3 Å². The molecule has 4 aliphatic carbocycles. The van der Waals surface area contributed by atoms with Gasteiger partial charge in [0.15, 0.2) is 0 Å². The Hall–Kier alpha value is -1.18. The van der Waals surface area contributed by atoms with Crippen LogP contribution < -0.4 is 0 Å². The van der Waals surface area contributed by atoms with Crippen LogP contribution in [-0.4, -0.2) is 56.3 Å². The summed E-state index contributed by atoms with van der Waals surface area (Å²) >= 11 is 0. The lowest BCUT2D eigenvalue weighted by atomic mass is 9.48. The second-order valence-electron chi connectivity index (χ2n) is 9.51. The molecular weight excluding hydrogens is 340 g/mol. The van der Waals surface area contributed by atoms with Crippen LogP contribution in [0.2, 0.25) is 0 Å². The highest BCUT2D eigenvalue weighted by molar-refractivity contribution is 5.76. The molecule has 0 atom stereocenters. The maximum absolute atomic E-state index is 12.3. The molecule has 4 saturated carbocycles. The minimum atomic E-state index is -1.21. The van der Waals surface area contributed by atoms with Crippen molar-refractivity contribution in [2.24, 2.45) is 5.41 Å². The van der Waals surface area contributed by atoms with Crippen LogP contribution in [0.4, 0.5) is 0 Å². The van der Waals surface area contributed by atoms with Gasteiger partial charge in [0.2, 0.25) is 0 Å². The first-order valence-corrected chi connectivity index (χ1v) is 9.39. The molecule has 0 aromatic heterocycles. The zero-order valence-corrected chi connectivity index (χ0v) is 15.8. The molecule has 0 aliphatic heterocycles. The van der Waals surface area contributed by atoms with Gasteiger partial charge in [0.25, 0.3) is 0 Å². The van der Waals surface area contributed by atoms with E-state index in [4.69, 9.17) is 9.47 Å². The number of carbonyl (C=O) groups is 2. The third-order valence-electron chi connectivity index (χ3n) is 6.23. The summed E-state index contributed by atoms with van der Waals surface area (Å²) in [5.74, 6) is -0.912. The Balaban J connectivity index is 1.59. The van der Waals surface area contributed by atoms with E-state index in [0.717, 1.165) is 0 Å². The molecule has 0 aromatic rings. The van der Waals surface area contributed by atoms with Crippen LogP contribution >= 0.6 is 0 Å². The lowest BCUT2D eigenvalue weighted by molar-refractivity contribution is -0.301. The summed E-state index contributed by atoms with van der Waals surface area (Å²) in [6, 6.07) is 0. The van der Waals surface area contributed by atoms with Crippen LogP contribution in [0.25, 0.3) is 0 Å². The van der Waals surface area contributed by atoms with Crippen molar-refractivity contribution in [3.8, 4) is 0 Å². The van der Waals surface area contributed by atoms with E-state index in [1.54, 1.807) is 13.8 Å². The molecule has 0 saturated heterocycles. The summed E-state index contributed by atoms with van der Waals surface area (Å²) in [5, 5.41) is 32.1. The highest BCUT2D eigenvalue weighted by atomic mass is 16.6. The largest absolute Gasteiger partial charge is 0.465 e. The second kappa shape index (κ2) is 5.91. The Morgan fingerprint density at radius 2 is 1.38 bits per heavy atom. The maximum Gasteiger partial charge on any atom is 0.311 e. The van der Waals surface area contributed by atoms with Crippen LogP contribution in [-0.2, 0) is 19.1 Å². The average molecular weight is 370 g/mol. The Kier molecular flexibility index (Phi) is 4.45. The van der Waals surface area contributed by atoms with Gasteiger partial charge in [0.1, 0.15) is 12.2 Å². The number of esters is 2. The van der Waals surface area contributed by atoms with E-state index in [1.807, 2.05) is 6.92 Å². The minimum Gasteiger partial charge on any atom is -0.465 e. The van der Waals surface area contributed by atoms with E-state index in [9.17, 15) is 24.9 Å². The van der Waals surface area contributed by atoms with Crippen molar-refractivity contribution >= 4 is 11.9 Å². The van der Waals surface area contributed by atoms with Crippen molar-refractivity contribution in [1.82, 2.24) is 0 Å². The van der Waals surface area contributed by atoms with Gasteiger partial charge in [-0.1, -0.05) is 6.92 Å².